The number of unbranched alkanes of at least 4 members (excludes halogenated alkanes) is 1. The van der Waals surface area contributed by atoms with E-state index in [1.807, 2.05) is 4.90 Å². The average Bonchev–Trinajstić information content (AvgIpc) is 2.38. The van der Waals surface area contributed by atoms with E-state index in [-0.39, 0.29) is 0 Å². The van der Waals surface area contributed by atoms with Gasteiger partial charge in [0.2, 0.25) is 5.91 Å². The fraction of sp³-hybridized carbons (Fsp3) is 0.929. The zero-order chi connectivity index (χ0) is 12.5. The van der Waals surface area contributed by atoms with Crippen molar-refractivity contribution in [3.63, 3.8) is 0 Å². The maximum absolute atomic E-state index is 12.0. The highest BCUT2D eigenvalue weighted by molar-refractivity contribution is 5.76. The van der Waals surface area contributed by atoms with E-state index in [9.17, 15) is 4.79 Å². The predicted octanol–water partition coefficient (Wildman–Crippen LogP) is 2.41. The quantitative estimate of drug-likeness (QED) is 0.741. The highest BCUT2D eigenvalue weighted by Gasteiger charge is 2.16. The van der Waals surface area contributed by atoms with Crippen LogP contribution in [0.1, 0.15) is 52.4 Å². The van der Waals surface area contributed by atoms with E-state index >= 15 is 0 Å². The summed E-state index contributed by atoms with van der Waals surface area (Å²) in [5, 5.41) is 3.41. The maximum atomic E-state index is 12.0. The van der Waals surface area contributed by atoms with Gasteiger partial charge in [0.05, 0.1) is 0 Å². The Morgan fingerprint density at radius 1 is 1.41 bits per heavy atom. The first-order valence-corrected chi connectivity index (χ1v) is 7.26. The molecule has 0 aromatic heterocycles. The summed E-state index contributed by atoms with van der Waals surface area (Å²) < 4.78 is 0. The van der Waals surface area contributed by atoms with Crippen LogP contribution in [0.15, 0.2) is 0 Å². The number of nitrogens with zero attached hydrogens (tertiary/aromatic N) is 1. The van der Waals surface area contributed by atoms with Crippen LogP contribution >= 0.6 is 0 Å². The average molecular weight is 240 g/mol. The van der Waals surface area contributed by atoms with Crippen molar-refractivity contribution in [3.05, 3.63) is 0 Å². The van der Waals surface area contributed by atoms with Gasteiger partial charge in [-0.25, -0.2) is 0 Å². The van der Waals surface area contributed by atoms with Crippen LogP contribution in [0.2, 0.25) is 0 Å². The molecule has 1 fully saturated rings. The molecule has 1 amide bonds. The van der Waals surface area contributed by atoms with Crippen LogP contribution in [-0.2, 0) is 4.79 Å². The monoisotopic (exact) mass is 240 g/mol. The molecule has 1 N–H and O–H groups in total. The van der Waals surface area contributed by atoms with Gasteiger partial charge in [0.25, 0.3) is 0 Å². The van der Waals surface area contributed by atoms with Gasteiger partial charge >= 0.3 is 0 Å². The smallest absolute Gasteiger partial charge is 0.222 e. The van der Waals surface area contributed by atoms with Gasteiger partial charge in [-0.05, 0) is 51.6 Å². The topological polar surface area (TPSA) is 32.3 Å². The lowest BCUT2D eigenvalue weighted by Crippen LogP contribution is -2.34. The van der Waals surface area contributed by atoms with Gasteiger partial charge in [0.1, 0.15) is 0 Å². The summed E-state index contributed by atoms with van der Waals surface area (Å²) in [5.41, 5.74) is 0. The Kier molecular flexibility index (Phi) is 7.25. The third-order valence-corrected chi connectivity index (χ3v) is 3.68. The molecular formula is C14H28N2O. The van der Waals surface area contributed by atoms with Crippen LogP contribution in [-0.4, -0.2) is 37.0 Å². The molecule has 1 rings (SSSR count). The lowest BCUT2D eigenvalue weighted by Gasteiger charge is -2.25. The third kappa shape index (κ3) is 5.53. The minimum Gasteiger partial charge on any atom is -0.343 e. The molecule has 3 nitrogen and oxygen atoms in total. The molecule has 0 aromatic carbocycles. The van der Waals surface area contributed by atoms with Crippen molar-refractivity contribution in [2.75, 3.05) is 26.2 Å². The van der Waals surface area contributed by atoms with Crippen molar-refractivity contribution >= 4 is 5.91 Å². The molecule has 1 unspecified atom stereocenters. The summed E-state index contributed by atoms with van der Waals surface area (Å²) >= 11 is 0. The molecule has 17 heavy (non-hydrogen) atoms. The Morgan fingerprint density at radius 2 is 2.24 bits per heavy atom. The first-order valence-electron chi connectivity index (χ1n) is 7.26. The Labute approximate surface area is 106 Å². The van der Waals surface area contributed by atoms with Crippen molar-refractivity contribution in [1.82, 2.24) is 10.2 Å². The first-order chi connectivity index (χ1) is 8.27. The molecule has 0 bridgehead atoms. The summed E-state index contributed by atoms with van der Waals surface area (Å²) in [5.74, 6) is 1.07. The number of carbonyl (C=O) groups excluding carboxylic acids is 1. The summed E-state index contributed by atoms with van der Waals surface area (Å²) in [6.45, 7) is 8.31. The second-order valence-corrected chi connectivity index (χ2v) is 5.08. The lowest BCUT2D eigenvalue weighted by atomic mass is 9.94. The van der Waals surface area contributed by atoms with E-state index in [2.05, 4.69) is 19.2 Å². The minimum atomic E-state index is 0.353. The Balaban J connectivity index is 2.21. The maximum Gasteiger partial charge on any atom is 0.222 e. The number of nitrogens with one attached hydrogen (secondary N) is 1. The van der Waals surface area contributed by atoms with E-state index in [1.165, 1.54) is 12.8 Å². The van der Waals surface area contributed by atoms with Gasteiger partial charge in [-0.3, -0.25) is 4.79 Å². The van der Waals surface area contributed by atoms with Gasteiger partial charge in [-0.15, -0.1) is 0 Å². The second kappa shape index (κ2) is 8.51. The molecule has 0 radical (unpaired) electrons. The summed E-state index contributed by atoms with van der Waals surface area (Å²) in [4.78, 5) is 14.0. The van der Waals surface area contributed by atoms with Crippen LogP contribution in [0.4, 0.5) is 0 Å². The van der Waals surface area contributed by atoms with Crippen molar-refractivity contribution < 1.29 is 4.79 Å². The highest BCUT2D eigenvalue weighted by Crippen LogP contribution is 2.16. The molecule has 0 spiro atoms. The van der Waals surface area contributed by atoms with Gasteiger partial charge in [0.15, 0.2) is 0 Å². The van der Waals surface area contributed by atoms with E-state index in [1.54, 1.807) is 0 Å². The van der Waals surface area contributed by atoms with Gasteiger partial charge in [-0.2, -0.15) is 0 Å². The SMILES string of the molecule is CCCCN(CC)C(=O)CCC1CCCNC1. The summed E-state index contributed by atoms with van der Waals surface area (Å²) in [7, 11) is 0. The molecule has 1 aliphatic heterocycles. The Hall–Kier alpha value is -0.570. The number of amides is 1. The lowest BCUT2D eigenvalue weighted by molar-refractivity contribution is -0.131. The van der Waals surface area contributed by atoms with Gasteiger partial charge in [0, 0.05) is 19.5 Å². The number of carbonyl (C=O) groups is 1. The van der Waals surface area contributed by atoms with Crippen LogP contribution in [0.3, 0.4) is 0 Å². The predicted molar refractivity (Wildman–Crippen MR) is 72.0 cm³/mol. The van der Waals surface area contributed by atoms with E-state index in [4.69, 9.17) is 0 Å². The normalized spacial score (nSPS) is 20.2. The number of piperidine rings is 1. The molecule has 1 heterocycles. The molecule has 0 aliphatic carbocycles. The number of rotatable bonds is 7. The van der Waals surface area contributed by atoms with E-state index < -0.39 is 0 Å². The van der Waals surface area contributed by atoms with E-state index in [0.29, 0.717) is 5.91 Å². The number of hydrogen-bond acceptors (Lipinski definition) is 2. The highest BCUT2D eigenvalue weighted by atomic mass is 16.2. The molecule has 100 valence electrons. The van der Waals surface area contributed by atoms with Crippen LogP contribution in [0.25, 0.3) is 0 Å². The molecule has 1 aliphatic rings. The molecule has 1 atom stereocenters. The van der Waals surface area contributed by atoms with E-state index in [0.717, 1.165) is 57.8 Å². The fourth-order valence-corrected chi connectivity index (χ4v) is 2.46. The van der Waals surface area contributed by atoms with Gasteiger partial charge < -0.3 is 10.2 Å². The molecule has 0 aromatic rings. The number of hydrogen-bond donors (Lipinski definition) is 1. The van der Waals surface area contributed by atoms with Crippen molar-refractivity contribution in [2.24, 2.45) is 5.92 Å². The Bertz CT molecular complexity index is 212. The third-order valence-electron chi connectivity index (χ3n) is 3.68. The van der Waals surface area contributed by atoms with Crippen molar-refractivity contribution in [1.29, 1.82) is 0 Å². The molecular weight excluding hydrogens is 212 g/mol. The largest absolute Gasteiger partial charge is 0.343 e. The molecule has 3 heteroatoms. The van der Waals surface area contributed by atoms with Crippen molar-refractivity contribution in [3.8, 4) is 0 Å². The summed E-state index contributed by atoms with van der Waals surface area (Å²) in [6, 6.07) is 0. The standard InChI is InChI=1S/C14H28N2O/c1-3-5-11-16(4-2)14(17)9-8-13-7-6-10-15-12-13/h13,15H,3-12H2,1-2H3. The van der Waals surface area contributed by atoms with Crippen molar-refractivity contribution in [2.45, 2.75) is 52.4 Å². The van der Waals surface area contributed by atoms with Crippen LogP contribution < -0.4 is 5.32 Å². The second-order valence-electron chi connectivity index (χ2n) is 5.08. The zero-order valence-corrected chi connectivity index (χ0v) is 11.5. The van der Waals surface area contributed by atoms with Crippen LogP contribution in [0, 0.1) is 5.92 Å². The summed E-state index contributed by atoms with van der Waals surface area (Å²) in [6.07, 6.45) is 6.66. The molecule has 1 saturated heterocycles. The fourth-order valence-electron chi connectivity index (χ4n) is 2.46. The Morgan fingerprint density at radius 3 is 2.82 bits per heavy atom. The zero-order valence-electron chi connectivity index (χ0n) is 11.5. The van der Waals surface area contributed by atoms with Gasteiger partial charge in [-0.1, -0.05) is 13.3 Å². The van der Waals surface area contributed by atoms with Crippen LogP contribution in [0.5, 0.6) is 0 Å². The first kappa shape index (κ1) is 14.5. The molecule has 0 saturated carbocycles. The minimum absolute atomic E-state index is 0.353.